The Morgan fingerprint density at radius 1 is 1.54 bits per heavy atom. The van der Waals surface area contributed by atoms with Gasteiger partial charge in [-0.25, -0.2) is 9.37 Å². The summed E-state index contributed by atoms with van der Waals surface area (Å²) >= 11 is 0. The molecule has 0 aliphatic carbocycles. The Morgan fingerprint density at radius 2 is 2.38 bits per heavy atom. The van der Waals surface area contributed by atoms with E-state index in [0.717, 1.165) is 18.1 Å². The SMILES string of the molecule is Cc1cncc(N2CC[C@H](F)C2)n1. The van der Waals surface area contributed by atoms with Gasteiger partial charge in [0.15, 0.2) is 0 Å². The highest BCUT2D eigenvalue weighted by Crippen LogP contribution is 2.18. The van der Waals surface area contributed by atoms with E-state index in [1.165, 1.54) is 0 Å². The molecule has 2 heterocycles. The number of hydrogen-bond acceptors (Lipinski definition) is 3. The Bertz CT molecular complexity index is 303. The number of halogens is 1. The van der Waals surface area contributed by atoms with Gasteiger partial charge >= 0.3 is 0 Å². The van der Waals surface area contributed by atoms with Crippen LogP contribution in [0.5, 0.6) is 0 Å². The van der Waals surface area contributed by atoms with Crippen molar-refractivity contribution in [2.45, 2.75) is 19.5 Å². The van der Waals surface area contributed by atoms with Crippen LogP contribution in [0, 0.1) is 6.92 Å². The summed E-state index contributed by atoms with van der Waals surface area (Å²) in [5, 5.41) is 0. The van der Waals surface area contributed by atoms with Crippen LogP contribution in [0.2, 0.25) is 0 Å². The Hall–Kier alpha value is -1.19. The van der Waals surface area contributed by atoms with Crippen molar-refractivity contribution < 1.29 is 4.39 Å². The van der Waals surface area contributed by atoms with Crippen LogP contribution in [-0.2, 0) is 0 Å². The molecule has 4 heteroatoms. The molecule has 1 aromatic heterocycles. The lowest BCUT2D eigenvalue weighted by molar-refractivity contribution is 0.364. The van der Waals surface area contributed by atoms with Gasteiger partial charge in [-0.2, -0.15) is 0 Å². The zero-order valence-electron chi connectivity index (χ0n) is 7.57. The molecule has 13 heavy (non-hydrogen) atoms. The highest BCUT2D eigenvalue weighted by atomic mass is 19.1. The Balaban J connectivity index is 2.16. The normalized spacial score (nSPS) is 22.3. The van der Waals surface area contributed by atoms with Gasteiger partial charge in [0.05, 0.1) is 18.4 Å². The monoisotopic (exact) mass is 181 g/mol. The average Bonchev–Trinajstić information content (AvgIpc) is 2.52. The maximum atomic E-state index is 12.9. The van der Waals surface area contributed by atoms with Crippen LogP contribution in [0.15, 0.2) is 12.4 Å². The molecule has 2 rings (SSSR count). The maximum Gasteiger partial charge on any atom is 0.147 e. The van der Waals surface area contributed by atoms with E-state index in [-0.39, 0.29) is 0 Å². The molecule has 0 bridgehead atoms. The third-order valence-electron chi connectivity index (χ3n) is 2.20. The first-order valence-electron chi connectivity index (χ1n) is 4.43. The molecular formula is C9H12FN3. The van der Waals surface area contributed by atoms with Crippen LogP contribution in [0.3, 0.4) is 0 Å². The van der Waals surface area contributed by atoms with Gasteiger partial charge in [-0.1, -0.05) is 0 Å². The number of anilines is 1. The summed E-state index contributed by atoms with van der Waals surface area (Å²) in [6, 6.07) is 0. The predicted molar refractivity (Wildman–Crippen MR) is 48.5 cm³/mol. The topological polar surface area (TPSA) is 29.0 Å². The Kier molecular flexibility index (Phi) is 2.12. The largest absolute Gasteiger partial charge is 0.352 e. The van der Waals surface area contributed by atoms with Gasteiger partial charge < -0.3 is 4.90 Å². The van der Waals surface area contributed by atoms with E-state index in [1.54, 1.807) is 12.4 Å². The molecule has 0 aromatic carbocycles. The number of aromatic nitrogens is 2. The molecule has 0 saturated carbocycles. The maximum absolute atomic E-state index is 12.9. The molecule has 1 aliphatic heterocycles. The lowest BCUT2D eigenvalue weighted by Crippen LogP contribution is -2.21. The molecule has 0 unspecified atom stereocenters. The number of nitrogens with zero attached hydrogens (tertiary/aromatic N) is 3. The molecule has 1 fully saturated rings. The van der Waals surface area contributed by atoms with Crippen molar-refractivity contribution in [3.8, 4) is 0 Å². The molecule has 1 aromatic rings. The van der Waals surface area contributed by atoms with Crippen LogP contribution >= 0.6 is 0 Å². The van der Waals surface area contributed by atoms with Crippen molar-refractivity contribution in [1.29, 1.82) is 0 Å². The zero-order valence-corrected chi connectivity index (χ0v) is 7.57. The van der Waals surface area contributed by atoms with Crippen molar-refractivity contribution >= 4 is 5.82 Å². The number of hydrogen-bond donors (Lipinski definition) is 0. The summed E-state index contributed by atoms with van der Waals surface area (Å²) in [5.41, 5.74) is 0.875. The number of alkyl halides is 1. The molecule has 1 atom stereocenters. The molecule has 0 radical (unpaired) electrons. The second-order valence-corrected chi connectivity index (χ2v) is 3.35. The molecular weight excluding hydrogens is 169 g/mol. The first kappa shape index (κ1) is 8.41. The fourth-order valence-electron chi connectivity index (χ4n) is 1.53. The van der Waals surface area contributed by atoms with E-state index in [0.29, 0.717) is 13.0 Å². The van der Waals surface area contributed by atoms with E-state index in [1.807, 2.05) is 11.8 Å². The lowest BCUT2D eigenvalue weighted by Gasteiger charge is -2.15. The van der Waals surface area contributed by atoms with Crippen molar-refractivity contribution in [1.82, 2.24) is 9.97 Å². The minimum Gasteiger partial charge on any atom is -0.352 e. The van der Waals surface area contributed by atoms with Gasteiger partial charge in [0.1, 0.15) is 12.0 Å². The second kappa shape index (κ2) is 3.28. The van der Waals surface area contributed by atoms with Gasteiger partial charge in [-0.3, -0.25) is 4.98 Å². The summed E-state index contributed by atoms with van der Waals surface area (Å²) in [6.07, 6.45) is 3.29. The standard InChI is InChI=1S/C9H12FN3/c1-7-4-11-5-9(12-7)13-3-2-8(10)6-13/h4-5,8H,2-3,6H2,1H3/t8-/m0/s1. The van der Waals surface area contributed by atoms with E-state index < -0.39 is 6.17 Å². The molecule has 1 saturated heterocycles. The Morgan fingerprint density at radius 3 is 3.00 bits per heavy atom. The van der Waals surface area contributed by atoms with Gasteiger partial charge in [0.25, 0.3) is 0 Å². The van der Waals surface area contributed by atoms with Crippen LogP contribution in [0.1, 0.15) is 12.1 Å². The molecule has 70 valence electrons. The summed E-state index contributed by atoms with van der Waals surface area (Å²) in [4.78, 5) is 10.2. The van der Waals surface area contributed by atoms with Crippen LogP contribution in [-0.4, -0.2) is 29.2 Å². The molecule has 0 N–H and O–H groups in total. The van der Waals surface area contributed by atoms with Crippen LogP contribution in [0.25, 0.3) is 0 Å². The van der Waals surface area contributed by atoms with Crippen molar-refractivity contribution in [3.63, 3.8) is 0 Å². The molecule has 3 nitrogen and oxygen atoms in total. The second-order valence-electron chi connectivity index (χ2n) is 3.35. The fourth-order valence-corrected chi connectivity index (χ4v) is 1.53. The fraction of sp³-hybridized carbons (Fsp3) is 0.556. The van der Waals surface area contributed by atoms with Crippen molar-refractivity contribution in [2.75, 3.05) is 18.0 Å². The summed E-state index contributed by atoms with van der Waals surface area (Å²) in [5.74, 6) is 0.792. The van der Waals surface area contributed by atoms with E-state index in [9.17, 15) is 4.39 Å². The van der Waals surface area contributed by atoms with Crippen LogP contribution < -0.4 is 4.90 Å². The summed E-state index contributed by atoms with van der Waals surface area (Å²) in [6.45, 7) is 3.09. The molecule has 0 amide bonds. The first-order chi connectivity index (χ1) is 6.25. The van der Waals surface area contributed by atoms with Gasteiger partial charge in [-0.05, 0) is 13.3 Å². The minimum absolute atomic E-state index is 0.456. The molecule has 1 aliphatic rings. The van der Waals surface area contributed by atoms with E-state index in [4.69, 9.17) is 0 Å². The lowest BCUT2D eigenvalue weighted by atomic mass is 10.3. The van der Waals surface area contributed by atoms with E-state index in [2.05, 4.69) is 9.97 Å². The highest BCUT2D eigenvalue weighted by molar-refractivity contribution is 5.37. The van der Waals surface area contributed by atoms with Crippen molar-refractivity contribution in [2.24, 2.45) is 0 Å². The van der Waals surface area contributed by atoms with Gasteiger partial charge in [-0.15, -0.1) is 0 Å². The van der Waals surface area contributed by atoms with Crippen molar-refractivity contribution in [3.05, 3.63) is 18.1 Å². The first-order valence-corrected chi connectivity index (χ1v) is 4.43. The number of rotatable bonds is 1. The summed E-state index contributed by atoms with van der Waals surface area (Å²) in [7, 11) is 0. The third kappa shape index (κ3) is 1.76. The smallest absolute Gasteiger partial charge is 0.147 e. The van der Waals surface area contributed by atoms with Gasteiger partial charge in [0.2, 0.25) is 0 Å². The number of aryl methyl sites for hydroxylation is 1. The predicted octanol–water partition coefficient (Wildman–Crippen LogP) is 1.33. The summed E-state index contributed by atoms with van der Waals surface area (Å²) < 4.78 is 12.9. The Labute approximate surface area is 76.6 Å². The average molecular weight is 181 g/mol. The minimum atomic E-state index is -0.706. The van der Waals surface area contributed by atoms with Gasteiger partial charge in [0, 0.05) is 12.7 Å². The zero-order chi connectivity index (χ0) is 9.26. The quantitative estimate of drug-likeness (QED) is 0.654. The molecule has 0 spiro atoms. The highest BCUT2D eigenvalue weighted by Gasteiger charge is 2.22. The third-order valence-corrected chi connectivity index (χ3v) is 2.20. The van der Waals surface area contributed by atoms with Crippen LogP contribution in [0.4, 0.5) is 10.2 Å². The van der Waals surface area contributed by atoms with E-state index >= 15 is 0 Å².